The van der Waals surface area contributed by atoms with Crippen LogP contribution in [0.5, 0.6) is 0 Å². The second-order valence-corrected chi connectivity index (χ2v) is 5.13. The summed E-state index contributed by atoms with van der Waals surface area (Å²) in [6, 6.07) is 7.79. The van der Waals surface area contributed by atoms with Crippen LogP contribution in [0.25, 0.3) is 17.1 Å². The van der Waals surface area contributed by atoms with Gasteiger partial charge in [0, 0.05) is 17.3 Å². The topological polar surface area (TPSA) is 69.6 Å². The number of alkyl halides is 3. The first-order chi connectivity index (χ1) is 10.9. The van der Waals surface area contributed by atoms with Crippen molar-refractivity contribution in [1.29, 1.82) is 0 Å². The Kier molecular flexibility index (Phi) is 3.72. The number of anilines is 1. The van der Waals surface area contributed by atoms with Crippen molar-refractivity contribution in [3.8, 4) is 17.1 Å². The number of hydrogen-bond donors (Lipinski definition) is 2. The van der Waals surface area contributed by atoms with Crippen molar-refractivity contribution in [2.75, 3.05) is 5.73 Å². The van der Waals surface area contributed by atoms with Crippen molar-refractivity contribution in [1.82, 2.24) is 19.7 Å². The molecule has 118 valence electrons. The highest BCUT2D eigenvalue weighted by atomic mass is 32.1. The lowest BCUT2D eigenvalue weighted by Crippen LogP contribution is -2.09. The van der Waals surface area contributed by atoms with E-state index in [-0.39, 0.29) is 22.9 Å². The quantitative estimate of drug-likeness (QED) is 0.705. The zero-order valence-electron chi connectivity index (χ0n) is 11.5. The van der Waals surface area contributed by atoms with Crippen LogP contribution in [-0.4, -0.2) is 19.7 Å². The van der Waals surface area contributed by atoms with Gasteiger partial charge in [0.15, 0.2) is 5.69 Å². The van der Waals surface area contributed by atoms with Gasteiger partial charge in [-0.1, -0.05) is 12.1 Å². The number of nitrogen functional groups attached to an aromatic ring is 1. The molecule has 9 heteroatoms. The van der Waals surface area contributed by atoms with Crippen molar-refractivity contribution in [3.63, 3.8) is 0 Å². The molecule has 2 aromatic heterocycles. The van der Waals surface area contributed by atoms with Crippen LogP contribution >= 0.6 is 12.6 Å². The highest BCUT2D eigenvalue weighted by Crippen LogP contribution is 2.40. The predicted molar refractivity (Wildman–Crippen MR) is 81.3 cm³/mol. The second-order valence-electron chi connectivity index (χ2n) is 4.62. The fourth-order valence-electron chi connectivity index (χ4n) is 2.13. The molecule has 23 heavy (non-hydrogen) atoms. The maximum atomic E-state index is 13.4. The van der Waals surface area contributed by atoms with Crippen LogP contribution in [0.15, 0.2) is 47.6 Å². The molecular formula is C14H10F3N5S. The minimum absolute atomic E-state index is 0.0382. The van der Waals surface area contributed by atoms with Crippen LogP contribution < -0.4 is 5.73 Å². The third kappa shape index (κ3) is 2.87. The molecule has 0 atom stereocenters. The molecule has 0 saturated heterocycles. The first-order valence-electron chi connectivity index (χ1n) is 6.40. The van der Waals surface area contributed by atoms with E-state index in [9.17, 15) is 13.2 Å². The Balaban J connectivity index is 2.28. The lowest BCUT2D eigenvalue weighted by Gasteiger charge is -2.07. The monoisotopic (exact) mass is 337 g/mol. The van der Waals surface area contributed by atoms with Gasteiger partial charge in [0.05, 0.1) is 5.56 Å². The summed E-state index contributed by atoms with van der Waals surface area (Å²) in [5, 5.41) is 3.57. The van der Waals surface area contributed by atoms with E-state index in [1.54, 1.807) is 18.2 Å². The van der Waals surface area contributed by atoms with Crippen LogP contribution in [0.4, 0.5) is 19.0 Å². The molecule has 0 aliphatic heterocycles. The van der Waals surface area contributed by atoms with E-state index in [1.165, 1.54) is 24.5 Å². The smallest absolute Gasteiger partial charge is 0.383 e. The van der Waals surface area contributed by atoms with Gasteiger partial charge in [0.25, 0.3) is 5.95 Å². The van der Waals surface area contributed by atoms with Crippen LogP contribution in [0.1, 0.15) is 5.69 Å². The number of nitrogens with two attached hydrogens (primary N) is 1. The molecule has 3 rings (SSSR count). The molecule has 2 heterocycles. The number of benzene rings is 1. The van der Waals surface area contributed by atoms with Crippen molar-refractivity contribution in [2.45, 2.75) is 11.1 Å². The van der Waals surface area contributed by atoms with E-state index in [1.807, 2.05) is 0 Å². The molecule has 3 aromatic rings. The first kappa shape index (κ1) is 15.3. The Bertz CT molecular complexity index is 845. The van der Waals surface area contributed by atoms with Gasteiger partial charge in [-0.2, -0.15) is 23.0 Å². The number of thiol groups is 1. The number of nitrogens with zero attached hydrogens (tertiary/aromatic N) is 4. The average molecular weight is 337 g/mol. The molecule has 1 aromatic carbocycles. The lowest BCUT2D eigenvalue weighted by atomic mass is 10.1. The normalized spacial score (nSPS) is 11.7. The SMILES string of the molecule is Nc1c(-c2cccc(S)c2)c(C(F)(F)F)nn1-c1ncccn1. The molecule has 0 unspecified atom stereocenters. The summed E-state index contributed by atoms with van der Waals surface area (Å²) in [7, 11) is 0. The minimum atomic E-state index is -4.67. The van der Waals surface area contributed by atoms with Gasteiger partial charge in [0.1, 0.15) is 5.82 Å². The number of rotatable bonds is 2. The summed E-state index contributed by atoms with van der Waals surface area (Å²) >= 11 is 4.15. The van der Waals surface area contributed by atoms with Crippen molar-refractivity contribution >= 4 is 18.4 Å². The highest BCUT2D eigenvalue weighted by molar-refractivity contribution is 7.80. The largest absolute Gasteiger partial charge is 0.435 e. The number of hydrogen-bond acceptors (Lipinski definition) is 5. The van der Waals surface area contributed by atoms with Crippen molar-refractivity contribution in [3.05, 3.63) is 48.4 Å². The van der Waals surface area contributed by atoms with E-state index in [0.717, 1.165) is 4.68 Å². The molecule has 0 bridgehead atoms. The van der Waals surface area contributed by atoms with Crippen LogP contribution in [0.3, 0.4) is 0 Å². The lowest BCUT2D eigenvalue weighted by molar-refractivity contribution is -0.140. The van der Waals surface area contributed by atoms with Gasteiger partial charge in [-0.15, -0.1) is 12.6 Å². The average Bonchev–Trinajstić information content (AvgIpc) is 2.86. The fraction of sp³-hybridized carbons (Fsp3) is 0.0714. The number of halogens is 3. The molecule has 0 radical (unpaired) electrons. The van der Waals surface area contributed by atoms with Gasteiger partial charge in [-0.25, -0.2) is 9.97 Å². The zero-order chi connectivity index (χ0) is 16.6. The second kappa shape index (κ2) is 5.58. The van der Waals surface area contributed by atoms with E-state index in [4.69, 9.17) is 5.73 Å². The van der Waals surface area contributed by atoms with Crippen LogP contribution in [0, 0.1) is 0 Å². The molecular weight excluding hydrogens is 327 g/mol. The standard InChI is InChI=1S/C14H10F3N5S/c15-14(16,17)11-10(8-3-1-4-9(23)7-8)12(18)22(21-11)13-19-5-2-6-20-13/h1-7,23H,18H2. The van der Waals surface area contributed by atoms with Gasteiger partial charge < -0.3 is 5.73 Å². The summed E-state index contributed by atoms with van der Waals surface area (Å²) < 4.78 is 40.9. The van der Waals surface area contributed by atoms with E-state index in [2.05, 4.69) is 27.7 Å². The zero-order valence-corrected chi connectivity index (χ0v) is 12.4. The summed E-state index contributed by atoms with van der Waals surface area (Å²) in [4.78, 5) is 8.28. The molecule has 0 aliphatic carbocycles. The van der Waals surface area contributed by atoms with Crippen molar-refractivity contribution in [2.24, 2.45) is 0 Å². The fourth-order valence-corrected chi connectivity index (χ4v) is 2.35. The van der Waals surface area contributed by atoms with E-state index in [0.29, 0.717) is 4.90 Å². The molecule has 0 fully saturated rings. The van der Waals surface area contributed by atoms with Crippen LogP contribution in [-0.2, 0) is 6.18 Å². The van der Waals surface area contributed by atoms with Gasteiger partial charge in [-0.3, -0.25) is 0 Å². The third-order valence-electron chi connectivity index (χ3n) is 3.07. The summed E-state index contributed by atoms with van der Waals surface area (Å²) in [5.74, 6) is -0.230. The van der Waals surface area contributed by atoms with Gasteiger partial charge in [-0.05, 0) is 23.8 Å². The Morgan fingerprint density at radius 1 is 1.09 bits per heavy atom. The first-order valence-corrected chi connectivity index (χ1v) is 6.85. The van der Waals surface area contributed by atoms with E-state index >= 15 is 0 Å². The summed E-state index contributed by atoms with van der Waals surface area (Å²) in [6.45, 7) is 0. The molecule has 5 nitrogen and oxygen atoms in total. The number of aromatic nitrogens is 4. The Morgan fingerprint density at radius 3 is 2.39 bits per heavy atom. The Morgan fingerprint density at radius 2 is 1.78 bits per heavy atom. The third-order valence-corrected chi connectivity index (χ3v) is 3.34. The van der Waals surface area contributed by atoms with Gasteiger partial charge >= 0.3 is 6.18 Å². The van der Waals surface area contributed by atoms with Gasteiger partial charge in [0.2, 0.25) is 0 Å². The Labute approximate surface area is 134 Å². The molecule has 0 spiro atoms. The highest BCUT2D eigenvalue weighted by Gasteiger charge is 2.39. The molecule has 0 saturated carbocycles. The molecule has 0 aliphatic rings. The summed E-state index contributed by atoms with van der Waals surface area (Å²) in [6.07, 6.45) is -1.88. The van der Waals surface area contributed by atoms with Crippen LogP contribution in [0.2, 0.25) is 0 Å². The predicted octanol–water partition coefficient (Wildman–Crippen LogP) is 3.22. The molecule has 0 amide bonds. The molecule has 2 N–H and O–H groups in total. The summed E-state index contributed by atoms with van der Waals surface area (Å²) in [5.41, 5.74) is 4.86. The maximum Gasteiger partial charge on any atom is 0.435 e. The Hall–Kier alpha value is -2.55. The minimum Gasteiger partial charge on any atom is -0.383 e. The van der Waals surface area contributed by atoms with Crippen molar-refractivity contribution < 1.29 is 13.2 Å². The maximum absolute atomic E-state index is 13.4. The van der Waals surface area contributed by atoms with E-state index < -0.39 is 11.9 Å².